The summed E-state index contributed by atoms with van der Waals surface area (Å²) in [6.45, 7) is 8.49. The van der Waals surface area contributed by atoms with Gasteiger partial charge in [-0.05, 0) is 63.4 Å². The molecule has 0 aliphatic rings. The fourth-order valence-corrected chi connectivity index (χ4v) is 4.43. The number of anilines is 1. The van der Waals surface area contributed by atoms with E-state index >= 15 is 0 Å². The van der Waals surface area contributed by atoms with Crippen molar-refractivity contribution in [1.82, 2.24) is 14.8 Å². The number of carbonyl (C=O) groups is 1. The smallest absolute Gasteiger partial charge is 0.224 e. The number of hydrogen-bond acceptors (Lipinski definition) is 6. The Kier molecular flexibility index (Phi) is 7.43. The van der Waals surface area contributed by atoms with Crippen molar-refractivity contribution in [2.45, 2.75) is 40.5 Å². The molecule has 0 aliphatic heterocycles. The van der Waals surface area contributed by atoms with Crippen molar-refractivity contribution >= 4 is 22.6 Å². The summed E-state index contributed by atoms with van der Waals surface area (Å²) < 4.78 is 18.4. The van der Waals surface area contributed by atoms with Gasteiger partial charge in [-0.2, -0.15) is 10.1 Å². The first-order chi connectivity index (χ1) is 17.4. The number of nitrogens with one attached hydrogen (secondary N) is 1. The summed E-state index contributed by atoms with van der Waals surface area (Å²) in [6, 6.07) is 13.4. The van der Waals surface area contributed by atoms with Crippen LogP contribution in [0.4, 0.5) is 5.69 Å². The average Bonchev–Trinajstić information content (AvgIpc) is 3.20. The zero-order chi connectivity index (χ0) is 25.8. The van der Waals surface area contributed by atoms with Crippen LogP contribution < -0.4 is 19.5 Å². The summed E-state index contributed by atoms with van der Waals surface area (Å²) in [7, 11) is 3.14. The van der Waals surface area contributed by atoms with E-state index in [1.54, 1.807) is 32.4 Å². The molecule has 8 heteroatoms. The summed E-state index contributed by atoms with van der Waals surface area (Å²) in [5.74, 6) is 1.58. The van der Waals surface area contributed by atoms with Gasteiger partial charge in [-0.15, -0.1) is 0 Å². The van der Waals surface area contributed by atoms with Gasteiger partial charge in [0.05, 0.1) is 32.2 Å². The lowest BCUT2D eigenvalue weighted by Crippen LogP contribution is -2.14. The highest BCUT2D eigenvalue weighted by atomic mass is 16.5. The molecule has 36 heavy (non-hydrogen) atoms. The molecule has 0 atom stereocenters. The van der Waals surface area contributed by atoms with Crippen LogP contribution in [0.25, 0.3) is 16.7 Å². The van der Waals surface area contributed by atoms with Crippen LogP contribution in [0.3, 0.4) is 0 Å². The molecule has 0 saturated carbocycles. The first-order valence-electron chi connectivity index (χ1n) is 12.0. The standard InChI is InChI=1S/C28H32N4O4/c1-7-36-28-21(13-15-25(33)29-20-12-14-23(34-5)24(16-20)35-6)18(3)26-19(4)31-32(27(26)30-28)22-11-9-8-10-17(22)2/h8-12,14,16H,7,13,15H2,1-6H3,(H,29,33). The summed E-state index contributed by atoms with van der Waals surface area (Å²) >= 11 is 0. The monoisotopic (exact) mass is 488 g/mol. The maximum Gasteiger partial charge on any atom is 0.224 e. The third-order valence-corrected chi connectivity index (χ3v) is 6.22. The summed E-state index contributed by atoms with van der Waals surface area (Å²) in [5, 5.41) is 8.72. The first kappa shape index (κ1) is 25.0. The van der Waals surface area contributed by atoms with Crippen molar-refractivity contribution in [1.29, 1.82) is 0 Å². The van der Waals surface area contributed by atoms with Gasteiger partial charge in [0.2, 0.25) is 11.8 Å². The molecule has 1 N–H and O–H groups in total. The molecule has 4 rings (SSSR count). The third kappa shape index (κ3) is 4.84. The second-order valence-electron chi connectivity index (χ2n) is 8.55. The summed E-state index contributed by atoms with van der Waals surface area (Å²) in [6.07, 6.45) is 0.756. The van der Waals surface area contributed by atoms with Crippen LogP contribution >= 0.6 is 0 Å². The van der Waals surface area contributed by atoms with E-state index in [9.17, 15) is 4.79 Å². The Labute approximate surface area is 211 Å². The molecule has 0 saturated heterocycles. The number of pyridine rings is 1. The van der Waals surface area contributed by atoms with E-state index in [0.29, 0.717) is 36.1 Å². The van der Waals surface area contributed by atoms with Crippen LogP contribution in [-0.4, -0.2) is 41.5 Å². The molecule has 188 valence electrons. The average molecular weight is 489 g/mol. The van der Waals surface area contributed by atoms with Crippen molar-refractivity contribution in [3.05, 3.63) is 64.8 Å². The third-order valence-electron chi connectivity index (χ3n) is 6.22. The lowest BCUT2D eigenvalue weighted by atomic mass is 10.0. The minimum Gasteiger partial charge on any atom is -0.493 e. The quantitative estimate of drug-likeness (QED) is 0.343. The molecule has 0 aliphatic carbocycles. The fraction of sp³-hybridized carbons (Fsp3) is 0.321. The molecular weight excluding hydrogens is 456 g/mol. The molecule has 4 aromatic rings. The Bertz CT molecular complexity index is 1410. The SMILES string of the molecule is CCOc1nc2c(c(C)nn2-c2ccccc2C)c(C)c1CCC(=O)Nc1ccc(OC)c(OC)c1. The van der Waals surface area contributed by atoms with E-state index in [0.717, 1.165) is 39.1 Å². The number of carbonyl (C=O) groups excluding carboxylic acids is 1. The minimum atomic E-state index is -0.114. The zero-order valence-electron chi connectivity index (χ0n) is 21.6. The Morgan fingerprint density at radius 2 is 1.78 bits per heavy atom. The van der Waals surface area contributed by atoms with E-state index < -0.39 is 0 Å². The molecule has 0 bridgehead atoms. The Morgan fingerprint density at radius 1 is 1.03 bits per heavy atom. The van der Waals surface area contributed by atoms with Gasteiger partial charge in [0.15, 0.2) is 17.1 Å². The molecule has 8 nitrogen and oxygen atoms in total. The molecule has 2 aromatic heterocycles. The predicted molar refractivity (Wildman–Crippen MR) is 141 cm³/mol. The lowest BCUT2D eigenvalue weighted by Gasteiger charge is -2.15. The van der Waals surface area contributed by atoms with Crippen LogP contribution in [0.1, 0.15) is 35.7 Å². The highest BCUT2D eigenvalue weighted by molar-refractivity contribution is 5.91. The van der Waals surface area contributed by atoms with Gasteiger partial charge in [0.1, 0.15) is 0 Å². The van der Waals surface area contributed by atoms with Crippen LogP contribution in [-0.2, 0) is 11.2 Å². The highest BCUT2D eigenvalue weighted by Crippen LogP contribution is 2.33. The van der Waals surface area contributed by atoms with Crippen LogP contribution in [0.15, 0.2) is 42.5 Å². The van der Waals surface area contributed by atoms with Crippen molar-refractivity contribution in [3.63, 3.8) is 0 Å². The molecule has 2 heterocycles. The largest absolute Gasteiger partial charge is 0.493 e. The van der Waals surface area contributed by atoms with Gasteiger partial charge in [0, 0.05) is 29.1 Å². The second-order valence-corrected chi connectivity index (χ2v) is 8.55. The number of benzene rings is 2. The summed E-state index contributed by atoms with van der Waals surface area (Å²) in [5.41, 5.74) is 6.31. The Balaban J connectivity index is 1.63. The number of fused-ring (bicyclic) bond motifs is 1. The Hall–Kier alpha value is -4.07. The van der Waals surface area contributed by atoms with Crippen LogP contribution in [0.5, 0.6) is 17.4 Å². The number of para-hydroxylation sites is 1. The van der Waals surface area contributed by atoms with E-state index in [2.05, 4.69) is 18.3 Å². The second kappa shape index (κ2) is 10.7. The van der Waals surface area contributed by atoms with Gasteiger partial charge < -0.3 is 19.5 Å². The van der Waals surface area contributed by atoms with Crippen LogP contribution in [0, 0.1) is 20.8 Å². The van der Waals surface area contributed by atoms with Crippen molar-refractivity contribution in [3.8, 4) is 23.1 Å². The lowest BCUT2D eigenvalue weighted by molar-refractivity contribution is -0.116. The number of amides is 1. The number of hydrogen-bond donors (Lipinski definition) is 1. The van der Waals surface area contributed by atoms with E-state index in [1.165, 1.54) is 0 Å². The molecule has 0 unspecified atom stereocenters. The summed E-state index contributed by atoms with van der Waals surface area (Å²) in [4.78, 5) is 17.7. The zero-order valence-corrected chi connectivity index (χ0v) is 21.6. The first-order valence-corrected chi connectivity index (χ1v) is 12.0. The topological polar surface area (TPSA) is 87.5 Å². The normalized spacial score (nSPS) is 10.9. The molecule has 0 radical (unpaired) electrons. The molecule has 1 amide bonds. The van der Waals surface area contributed by atoms with Crippen molar-refractivity contribution < 1.29 is 19.0 Å². The number of rotatable bonds is 9. The van der Waals surface area contributed by atoms with E-state index in [4.69, 9.17) is 24.3 Å². The fourth-order valence-electron chi connectivity index (χ4n) is 4.43. The van der Waals surface area contributed by atoms with Gasteiger partial charge in [-0.25, -0.2) is 4.68 Å². The highest BCUT2D eigenvalue weighted by Gasteiger charge is 2.21. The van der Waals surface area contributed by atoms with Crippen molar-refractivity contribution in [2.24, 2.45) is 0 Å². The molecule has 2 aromatic carbocycles. The molecule has 0 fully saturated rings. The number of methoxy groups -OCH3 is 2. The number of nitrogens with zero attached hydrogens (tertiary/aromatic N) is 3. The number of aromatic nitrogens is 3. The van der Waals surface area contributed by atoms with Gasteiger partial charge in [-0.3, -0.25) is 4.79 Å². The van der Waals surface area contributed by atoms with Crippen molar-refractivity contribution in [2.75, 3.05) is 26.1 Å². The Morgan fingerprint density at radius 3 is 2.47 bits per heavy atom. The van der Waals surface area contributed by atoms with Gasteiger partial charge in [-0.1, -0.05) is 18.2 Å². The van der Waals surface area contributed by atoms with E-state index in [-0.39, 0.29) is 12.3 Å². The van der Waals surface area contributed by atoms with Crippen LogP contribution in [0.2, 0.25) is 0 Å². The maximum atomic E-state index is 12.8. The molecular formula is C28H32N4O4. The number of aryl methyl sites for hydroxylation is 3. The minimum absolute atomic E-state index is 0.114. The maximum absolute atomic E-state index is 12.8. The van der Waals surface area contributed by atoms with Gasteiger partial charge >= 0.3 is 0 Å². The molecule has 0 spiro atoms. The predicted octanol–water partition coefficient (Wildman–Crippen LogP) is 5.33. The number of ether oxygens (including phenoxy) is 3. The van der Waals surface area contributed by atoms with E-state index in [1.807, 2.05) is 43.7 Å². The van der Waals surface area contributed by atoms with Gasteiger partial charge in [0.25, 0.3) is 0 Å².